The average Bonchev–Trinajstić information content (AvgIpc) is 3.10. The Balaban J connectivity index is 1.43. The topological polar surface area (TPSA) is 105 Å². The van der Waals surface area contributed by atoms with Gasteiger partial charge < -0.3 is 19.5 Å². The molecule has 2 aromatic carbocycles. The fraction of sp³-hybridized carbons (Fsp3) is 0.531. The molecule has 1 saturated carbocycles. The van der Waals surface area contributed by atoms with Gasteiger partial charge in [-0.2, -0.15) is 0 Å². The zero-order chi connectivity index (χ0) is 29.6. The third kappa shape index (κ3) is 5.45. The third-order valence-corrected chi connectivity index (χ3v) is 11.9. The molecule has 10 heteroatoms. The molecule has 1 spiro atoms. The van der Waals surface area contributed by atoms with Crippen molar-refractivity contribution in [2.75, 3.05) is 31.7 Å². The number of aliphatic hydroxyl groups excluding tert-OH is 1. The maximum atomic E-state index is 13.3. The Hall–Kier alpha value is -2.59. The van der Waals surface area contributed by atoms with E-state index < -0.39 is 27.3 Å². The van der Waals surface area contributed by atoms with Gasteiger partial charge in [0, 0.05) is 36.2 Å². The van der Waals surface area contributed by atoms with Crippen LogP contribution in [0.3, 0.4) is 0 Å². The Morgan fingerprint density at radius 3 is 2.79 bits per heavy atom. The van der Waals surface area contributed by atoms with Gasteiger partial charge in [0.15, 0.2) is 0 Å². The number of amides is 1. The molecule has 6 rings (SSSR count). The van der Waals surface area contributed by atoms with Crippen molar-refractivity contribution >= 4 is 33.2 Å². The molecule has 0 aromatic heterocycles. The highest BCUT2D eigenvalue weighted by Crippen LogP contribution is 2.47. The Labute approximate surface area is 253 Å². The van der Waals surface area contributed by atoms with Gasteiger partial charge in [0.05, 0.1) is 24.5 Å². The second kappa shape index (κ2) is 11.5. The van der Waals surface area contributed by atoms with Crippen LogP contribution in [0, 0.1) is 11.8 Å². The summed E-state index contributed by atoms with van der Waals surface area (Å²) in [6.07, 6.45) is 7.62. The van der Waals surface area contributed by atoms with Crippen LogP contribution >= 0.6 is 11.6 Å². The number of anilines is 1. The summed E-state index contributed by atoms with van der Waals surface area (Å²) in [5.74, 6) is 0.587. The van der Waals surface area contributed by atoms with Crippen molar-refractivity contribution in [1.82, 2.24) is 4.72 Å². The molecule has 8 nitrogen and oxygen atoms in total. The van der Waals surface area contributed by atoms with Crippen LogP contribution in [0.1, 0.15) is 60.5 Å². The van der Waals surface area contributed by atoms with E-state index in [2.05, 4.69) is 21.8 Å². The van der Waals surface area contributed by atoms with E-state index in [9.17, 15) is 18.3 Å². The van der Waals surface area contributed by atoms with E-state index in [1.54, 1.807) is 31.4 Å². The molecule has 0 radical (unpaired) electrons. The van der Waals surface area contributed by atoms with Crippen molar-refractivity contribution < 1.29 is 27.8 Å². The van der Waals surface area contributed by atoms with E-state index in [1.807, 2.05) is 12.1 Å². The van der Waals surface area contributed by atoms with Crippen LogP contribution in [0.25, 0.3) is 0 Å². The van der Waals surface area contributed by atoms with Crippen LogP contribution in [-0.4, -0.2) is 63.7 Å². The zero-order valence-corrected chi connectivity index (χ0v) is 25.7. The molecule has 42 heavy (non-hydrogen) atoms. The fourth-order valence-corrected chi connectivity index (χ4v) is 8.50. The van der Waals surface area contributed by atoms with Gasteiger partial charge in [-0.25, -0.2) is 13.1 Å². The first-order valence-corrected chi connectivity index (χ1v) is 16.8. The van der Waals surface area contributed by atoms with Crippen molar-refractivity contribution in [2.45, 2.75) is 68.3 Å². The van der Waals surface area contributed by atoms with Crippen molar-refractivity contribution in [3.63, 3.8) is 0 Å². The molecule has 2 N–H and O–H groups in total. The SMILES string of the molecule is CO[C@H]1/C=C\C[C@H](O)[C@H](C)S(=O)(=O)NC(=O)c2ccc3c(c2)N(C[C@@H]2CC[C@H]21)C[C@@]1(CCCc2cc(Cl)ccc21)CO3. The van der Waals surface area contributed by atoms with E-state index in [-0.39, 0.29) is 29.4 Å². The first-order chi connectivity index (χ1) is 20.1. The minimum Gasteiger partial charge on any atom is -0.490 e. The van der Waals surface area contributed by atoms with E-state index in [1.165, 1.54) is 18.1 Å². The molecule has 1 amide bonds. The molecule has 226 valence electrons. The summed E-state index contributed by atoms with van der Waals surface area (Å²) in [6, 6.07) is 11.3. The molecule has 0 saturated heterocycles. The van der Waals surface area contributed by atoms with Gasteiger partial charge in [0.25, 0.3) is 5.91 Å². The summed E-state index contributed by atoms with van der Waals surface area (Å²) in [7, 11) is -2.44. The van der Waals surface area contributed by atoms with Crippen LogP contribution in [0.5, 0.6) is 5.75 Å². The first-order valence-electron chi connectivity index (χ1n) is 14.8. The Morgan fingerprint density at radius 1 is 1.19 bits per heavy atom. The molecule has 2 heterocycles. The minimum atomic E-state index is -4.13. The lowest BCUT2D eigenvalue weighted by Gasteiger charge is -2.46. The molecule has 6 atom stereocenters. The van der Waals surface area contributed by atoms with Gasteiger partial charge in [0.1, 0.15) is 11.0 Å². The van der Waals surface area contributed by atoms with Crippen LogP contribution in [0.15, 0.2) is 48.6 Å². The molecule has 2 aliphatic heterocycles. The van der Waals surface area contributed by atoms with Crippen LogP contribution < -0.4 is 14.4 Å². The number of rotatable bonds is 1. The predicted octanol–water partition coefficient (Wildman–Crippen LogP) is 4.62. The maximum Gasteiger partial charge on any atom is 0.264 e. The highest BCUT2D eigenvalue weighted by molar-refractivity contribution is 7.90. The number of carbonyl (C=O) groups is 1. The standard InChI is InChI=1S/C32H39ClN2O6S/c1-20-28(36)6-3-7-29(40-2)25-11-8-23(25)17-35-18-32(14-4-5-21-15-24(33)10-12-26(21)32)19-41-30-13-9-22(16-27(30)35)31(37)34-42(20,38)39/h3,7,9-10,12-13,15-16,20,23,25,28-29,36H,4-6,8,11,14,17-19H2,1-2H3,(H,34,37)/b7-3-/t20-,23-,25+,28-,29-,32-/m0/s1. The predicted molar refractivity (Wildman–Crippen MR) is 163 cm³/mol. The minimum absolute atomic E-state index is 0.141. The van der Waals surface area contributed by atoms with Crippen LogP contribution in [0.2, 0.25) is 5.02 Å². The molecular formula is C32H39ClN2O6S. The average molecular weight is 615 g/mol. The first kappa shape index (κ1) is 29.5. The molecule has 2 bridgehead atoms. The highest BCUT2D eigenvalue weighted by Gasteiger charge is 2.44. The van der Waals surface area contributed by atoms with Crippen molar-refractivity contribution in [3.05, 3.63) is 70.3 Å². The molecule has 0 unspecified atom stereocenters. The smallest absolute Gasteiger partial charge is 0.264 e. The van der Waals surface area contributed by atoms with Gasteiger partial charge in [-0.05, 0) is 98.7 Å². The number of aryl methyl sites for hydroxylation is 1. The Kier molecular flexibility index (Phi) is 8.06. The van der Waals surface area contributed by atoms with E-state index in [0.717, 1.165) is 49.4 Å². The lowest BCUT2D eigenvalue weighted by atomic mass is 9.68. The van der Waals surface area contributed by atoms with Crippen LogP contribution in [0.4, 0.5) is 5.69 Å². The molecule has 2 aromatic rings. The number of ether oxygens (including phenoxy) is 2. The van der Waals surface area contributed by atoms with E-state index >= 15 is 0 Å². The second-order valence-electron chi connectivity index (χ2n) is 12.4. The molecule has 4 aliphatic rings. The molecular weight excluding hydrogens is 576 g/mol. The summed E-state index contributed by atoms with van der Waals surface area (Å²) in [6.45, 7) is 3.37. The highest BCUT2D eigenvalue weighted by atomic mass is 35.5. The Bertz CT molecular complexity index is 1500. The summed E-state index contributed by atoms with van der Waals surface area (Å²) < 4.78 is 40.7. The summed E-state index contributed by atoms with van der Waals surface area (Å²) >= 11 is 6.39. The van der Waals surface area contributed by atoms with Gasteiger partial charge in [-0.15, -0.1) is 0 Å². The lowest BCUT2D eigenvalue weighted by molar-refractivity contribution is 0.0130. The normalized spacial score (nSPS) is 33.3. The number of methoxy groups -OCH3 is 1. The number of aliphatic hydroxyl groups is 1. The summed E-state index contributed by atoms with van der Waals surface area (Å²) in [5.41, 5.74) is 3.28. The van der Waals surface area contributed by atoms with Gasteiger partial charge in [-0.1, -0.05) is 29.8 Å². The summed E-state index contributed by atoms with van der Waals surface area (Å²) in [4.78, 5) is 15.6. The van der Waals surface area contributed by atoms with E-state index in [0.29, 0.717) is 24.8 Å². The number of hydrogen-bond donors (Lipinski definition) is 2. The Morgan fingerprint density at radius 2 is 2.02 bits per heavy atom. The second-order valence-corrected chi connectivity index (χ2v) is 14.9. The number of nitrogens with one attached hydrogen (secondary N) is 1. The molecule has 2 aliphatic carbocycles. The van der Waals surface area contributed by atoms with Crippen molar-refractivity contribution in [3.8, 4) is 5.75 Å². The third-order valence-electron chi connectivity index (χ3n) is 9.89. The number of benzene rings is 2. The fourth-order valence-electron chi connectivity index (χ4n) is 7.22. The van der Waals surface area contributed by atoms with Crippen LogP contribution in [-0.2, 0) is 26.6 Å². The van der Waals surface area contributed by atoms with Gasteiger partial charge >= 0.3 is 0 Å². The van der Waals surface area contributed by atoms with Gasteiger partial charge in [-0.3, -0.25) is 4.79 Å². The molecule has 1 fully saturated rings. The zero-order valence-electron chi connectivity index (χ0n) is 24.1. The largest absolute Gasteiger partial charge is 0.490 e. The number of fused-ring (bicyclic) bond motifs is 4. The number of nitrogens with zero attached hydrogens (tertiary/aromatic N) is 1. The monoisotopic (exact) mass is 614 g/mol. The summed E-state index contributed by atoms with van der Waals surface area (Å²) in [5, 5.41) is 10.2. The number of halogens is 1. The number of hydrogen-bond acceptors (Lipinski definition) is 7. The van der Waals surface area contributed by atoms with Crippen molar-refractivity contribution in [2.24, 2.45) is 11.8 Å². The quantitative estimate of drug-likeness (QED) is 0.452. The van der Waals surface area contributed by atoms with Gasteiger partial charge in [0.2, 0.25) is 10.0 Å². The number of carbonyl (C=O) groups excluding carboxylic acids is 1. The lowest BCUT2D eigenvalue weighted by Crippen LogP contribution is -2.49. The van der Waals surface area contributed by atoms with E-state index in [4.69, 9.17) is 21.1 Å². The van der Waals surface area contributed by atoms with Crippen molar-refractivity contribution in [1.29, 1.82) is 0 Å². The maximum absolute atomic E-state index is 13.3. The number of sulfonamides is 1.